The van der Waals surface area contributed by atoms with Crippen LogP contribution in [0.15, 0.2) is 28.7 Å². The van der Waals surface area contributed by atoms with Gasteiger partial charge >= 0.3 is 0 Å². The van der Waals surface area contributed by atoms with Crippen molar-refractivity contribution in [2.24, 2.45) is 5.92 Å². The molecule has 2 rings (SSSR count). The number of carbonyl (C=O) groups excluding carboxylic acids is 1. The van der Waals surface area contributed by atoms with E-state index < -0.39 is 0 Å². The van der Waals surface area contributed by atoms with E-state index >= 15 is 0 Å². The number of rotatable bonds is 3. The van der Waals surface area contributed by atoms with Crippen LogP contribution in [0.1, 0.15) is 30.6 Å². The van der Waals surface area contributed by atoms with E-state index in [1.807, 2.05) is 26.0 Å². The Labute approximate surface area is 93.7 Å². The van der Waals surface area contributed by atoms with Gasteiger partial charge in [0.1, 0.15) is 11.1 Å². The van der Waals surface area contributed by atoms with Crippen molar-refractivity contribution in [1.29, 1.82) is 0 Å². The quantitative estimate of drug-likeness (QED) is 0.803. The summed E-state index contributed by atoms with van der Waals surface area (Å²) in [4.78, 5) is 11.9. The van der Waals surface area contributed by atoms with Crippen molar-refractivity contribution < 1.29 is 14.3 Å². The molecule has 0 atom stereocenters. The number of Topliss-reactive ketones (excluding diaryl/α,β-unsaturated/α-hetero) is 1. The second-order valence-corrected chi connectivity index (χ2v) is 4.30. The van der Waals surface area contributed by atoms with Gasteiger partial charge in [0.05, 0.1) is 0 Å². The molecule has 3 heteroatoms. The molecule has 16 heavy (non-hydrogen) atoms. The molecule has 0 saturated carbocycles. The highest BCUT2D eigenvalue weighted by atomic mass is 16.5. The van der Waals surface area contributed by atoms with E-state index in [4.69, 9.17) is 4.42 Å². The standard InChI is InChI=1S/C13H14O3/c1-8(2)7-10(14)12-9-5-3-4-6-11(9)16-13(12)15/h3-6,8,15H,7H2,1-2H3. The summed E-state index contributed by atoms with van der Waals surface area (Å²) in [6.07, 6.45) is 0.414. The van der Waals surface area contributed by atoms with Crippen molar-refractivity contribution in [3.8, 4) is 5.95 Å². The van der Waals surface area contributed by atoms with Crippen molar-refractivity contribution in [3.05, 3.63) is 29.8 Å². The summed E-state index contributed by atoms with van der Waals surface area (Å²) in [5, 5.41) is 10.3. The molecule has 0 aliphatic carbocycles. The number of carbonyl (C=O) groups is 1. The van der Waals surface area contributed by atoms with Gasteiger partial charge in [0, 0.05) is 11.8 Å². The third kappa shape index (κ3) is 1.81. The van der Waals surface area contributed by atoms with Crippen molar-refractivity contribution in [2.75, 3.05) is 0 Å². The SMILES string of the molecule is CC(C)CC(=O)c1c(O)oc2ccccc12. The Bertz CT molecular complexity index is 523. The fraction of sp³-hybridized carbons (Fsp3) is 0.308. The number of hydrogen-bond acceptors (Lipinski definition) is 3. The second kappa shape index (κ2) is 4.00. The van der Waals surface area contributed by atoms with Gasteiger partial charge in [-0.3, -0.25) is 4.79 Å². The fourth-order valence-electron chi connectivity index (χ4n) is 1.77. The summed E-state index contributed by atoms with van der Waals surface area (Å²) in [7, 11) is 0. The number of para-hydroxylation sites is 1. The molecule has 0 saturated heterocycles. The largest absolute Gasteiger partial charge is 0.480 e. The highest BCUT2D eigenvalue weighted by Gasteiger charge is 2.20. The van der Waals surface area contributed by atoms with Crippen LogP contribution in [0.4, 0.5) is 0 Å². The predicted octanol–water partition coefficient (Wildman–Crippen LogP) is 3.37. The molecule has 1 aromatic carbocycles. The van der Waals surface area contributed by atoms with Crippen molar-refractivity contribution >= 4 is 16.8 Å². The zero-order valence-corrected chi connectivity index (χ0v) is 9.36. The summed E-state index contributed by atoms with van der Waals surface area (Å²) in [5.74, 6) is -0.0788. The van der Waals surface area contributed by atoms with Gasteiger partial charge in [0.15, 0.2) is 5.78 Å². The van der Waals surface area contributed by atoms with E-state index in [-0.39, 0.29) is 17.6 Å². The Morgan fingerprint density at radius 3 is 2.75 bits per heavy atom. The maximum atomic E-state index is 11.9. The normalized spacial score (nSPS) is 11.2. The van der Waals surface area contributed by atoms with Crippen LogP contribution in [-0.2, 0) is 0 Å². The molecule has 0 fully saturated rings. The molecule has 0 radical (unpaired) electrons. The molecule has 1 aromatic heterocycles. The zero-order chi connectivity index (χ0) is 11.7. The Morgan fingerprint density at radius 1 is 1.38 bits per heavy atom. The van der Waals surface area contributed by atoms with Gasteiger partial charge in [-0.2, -0.15) is 0 Å². The minimum absolute atomic E-state index is 0.0718. The molecule has 0 aliphatic rings. The van der Waals surface area contributed by atoms with Gasteiger partial charge < -0.3 is 9.52 Å². The van der Waals surface area contributed by atoms with Gasteiger partial charge in [0.2, 0.25) is 0 Å². The lowest BCUT2D eigenvalue weighted by molar-refractivity contribution is 0.0964. The lowest BCUT2D eigenvalue weighted by atomic mass is 10.0. The third-order valence-electron chi connectivity index (χ3n) is 2.45. The summed E-state index contributed by atoms with van der Waals surface area (Å²) >= 11 is 0. The fourth-order valence-corrected chi connectivity index (χ4v) is 1.77. The van der Waals surface area contributed by atoms with Gasteiger partial charge in [-0.15, -0.1) is 0 Å². The first-order chi connectivity index (χ1) is 7.59. The van der Waals surface area contributed by atoms with Crippen LogP contribution in [0.5, 0.6) is 5.95 Å². The lowest BCUT2D eigenvalue weighted by Crippen LogP contribution is -2.02. The van der Waals surface area contributed by atoms with Crippen LogP contribution in [0.2, 0.25) is 0 Å². The van der Waals surface area contributed by atoms with Crippen LogP contribution >= 0.6 is 0 Å². The van der Waals surface area contributed by atoms with E-state index in [0.29, 0.717) is 23.0 Å². The number of benzene rings is 1. The van der Waals surface area contributed by atoms with E-state index in [2.05, 4.69) is 0 Å². The van der Waals surface area contributed by atoms with Gasteiger partial charge in [-0.25, -0.2) is 0 Å². The summed E-state index contributed by atoms with van der Waals surface area (Å²) in [6.45, 7) is 3.94. The van der Waals surface area contributed by atoms with Crippen LogP contribution in [0.25, 0.3) is 11.0 Å². The van der Waals surface area contributed by atoms with Gasteiger partial charge in [0.25, 0.3) is 5.95 Å². The molecule has 0 aliphatic heterocycles. The average Bonchev–Trinajstić information content (AvgIpc) is 2.52. The molecule has 1 heterocycles. The number of furan rings is 1. The minimum Gasteiger partial charge on any atom is -0.480 e. The molecule has 0 spiro atoms. The Morgan fingerprint density at radius 2 is 2.06 bits per heavy atom. The van der Waals surface area contributed by atoms with E-state index in [1.165, 1.54) is 0 Å². The molecule has 3 nitrogen and oxygen atoms in total. The Kier molecular flexibility index (Phi) is 2.69. The Hall–Kier alpha value is -1.77. The first kappa shape index (κ1) is 10.7. The number of ketones is 1. The van der Waals surface area contributed by atoms with Crippen LogP contribution in [0.3, 0.4) is 0 Å². The monoisotopic (exact) mass is 218 g/mol. The topological polar surface area (TPSA) is 50.4 Å². The first-order valence-electron chi connectivity index (χ1n) is 5.33. The van der Waals surface area contributed by atoms with Crippen LogP contribution < -0.4 is 0 Å². The summed E-state index contributed by atoms with van der Waals surface area (Å²) < 4.78 is 5.14. The first-order valence-corrected chi connectivity index (χ1v) is 5.33. The van der Waals surface area contributed by atoms with Crippen molar-refractivity contribution in [1.82, 2.24) is 0 Å². The third-order valence-corrected chi connectivity index (χ3v) is 2.45. The molecular formula is C13H14O3. The van der Waals surface area contributed by atoms with Gasteiger partial charge in [-0.05, 0) is 12.0 Å². The Balaban J connectivity index is 2.51. The highest BCUT2D eigenvalue weighted by molar-refractivity contribution is 6.09. The van der Waals surface area contributed by atoms with Crippen molar-refractivity contribution in [3.63, 3.8) is 0 Å². The smallest absolute Gasteiger partial charge is 0.294 e. The minimum atomic E-state index is -0.271. The van der Waals surface area contributed by atoms with Crippen LogP contribution in [0, 0.1) is 5.92 Å². The molecule has 2 aromatic rings. The van der Waals surface area contributed by atoms with E-state index in [0.717, 1.165) is 0 Å². The van der Waals surface area contributed by atoms with E-state index in [9.17, 15) is 9.90 Å². The average molecular weight is 218 g/mol. The number of fused-ring (bicyclic) bond motifs is 1. The highest BCUT2D eigenvalue weighted by Crippen LogP contribution is 2.32. The number of hydrogen-bond donors (Lipinski definition) is 1. The molecule has 0 unspecified atom stereocenters. The predicted molar refractivity (Wildman–Crippen MR) is 61.7 cm³/mol. The maximum absolute atomic E-state index is 11.9. The second-order valence-electron chi connectivity index (χ2n) is 4.30. The lowest BCUT2D eigenvalue weighted by Gasteiger charge is -2.02. The maximum Gasteiger partial charge on any atom is 0.294 e. The molecule has 0 bridgehead atoms. The van der Waals surface area contributed by atoms with Crippen molar-refractivity contribution in [2.45, 2.75) is 20.3 Å². The van der Waals surface area contributed by atoms with Crippen LogP contribution in [-0.4, -0.2) is 10.9 Å². The molecule has 1 N–H and O–H groups in total. The number of aromatic hydroxyl groups is 1. The molecule has 0 amide bonds. The summed E-state index contributed by atoms with van der Waals surface area (Å²) in [5.41, 5.74) is 0.858. The molecule has 84 valence electrons. The summed E-state index contributed by atoms with van der Waals surface area (Å²) in [6, 6.07) is 7.15. The zero-order valence-electron chi connectivity index (χ0n) is 9.36. The molecular weight excluding hydrogens is 204 g/mol. The van der Waals surface area contributed by atoms with Gasteiger partial charge in [-0.1, -0.05) is 32.0 Å². The van der Waals surface area contributed by atoms with E-state index in [1.54, 1.807) is 12.1 Å².